The molecule has 0 aromatic heterocycles. The molecule has 0 unspecified atom stereocenters. The summed E-state index contributed by atoms with van der Waals surface area (Å²) >= 11 is 6.21. The van der Waals surface area contributed by atoms with Gasteiger partial charge in [-0.05, 0) is 32.0 Å². The van der Waals surface area contributed by atoms with Gasteiger partial charge in [0.25, 0.3) is 0 Å². The van der Waals surface area contributed by atoms with Gasteiger partial charge in [0.1, 0.15) is 0 Å². The number of rotatable bonds is 10. The van der Waals surface area contributed by atoms with Crippen LogP contribution in [0.5, 0.6) is 0 Å². The standard InChI is InChI=1S/C15H22ClNO4/c1-3-20-9-7-17(8-10-21-4-2)14-6-5-12(15(18)19)11-13(14)16/h5-6,11H,3-4,7-10H2,1-2H3,(H,18,19). The van der Waals surface area contributed by atoms with Crippen molar-refractivity contribution in [2.45, 2.75) is 13.8 Å². The number of benzene rings is 1. The summed E-state index contributed by atoms with van der Waals surface area (Å²) in [4.78, 5) is 13.0. The van der Waals surface area contributed by atoms with E-state index in [1.807, 2.05) is 18.7 Å². The van der Waals surface area contributed by atoms with Gasteiger partial charge in [0, 0.05) is 26.3 Å². The molecule has 0 radical (unpaired) electrons. The Labute approximate surface area is 130 Å². The van der Waals surface area contributed by atoms with Crippen LogP contribution in [-0.2, 0) is 9.47 Å². The van der Waals surface area contributed by atoms with E-state index in [1.165, 1.54) is 6.07 Å². The Hall–Kier alpha value is -1.30. The summed E-state index contributed by atoms with van der Waals surface area (Å²) in [5.41, 5.74) is 0.972. The van der Waals surface area contributed by atoms with Crippen LogP contribution in [0.4, 0.5) is 5.69 Å². The van der Waals surface area contributed by atoms with Crippen molar-refractivity contribution in [2.75, 3.05) is 44.4 Å². The molecule has 0 aliphatic carbocycles. The lowest BCUT2D eigenvalue weighted by molar-refractivity contribution is 0.0697. The van der Waals surface area contributed by atoms with Gasteiger partial charge in [-0.2, -0.15) is 0 Å². The number of hydrogen-bond donors (Lipinski definition) is 1. The van der Waals surface area contributed by atoms with E-state index in [-0.39, 0.29) is 5.56 Å². The van der Waals surface area contributed by atoms with E-state index >= 15 is 0 Å². The van der Waals surface area contributed by atoms with Crippen molar-refractivity contribution in [2.24, 2.45) is 0 Å². The second-order valence-electron chi connectivity index (χ2n) is 4.35. The fourth-order valence-corrected chi connectivity index (χ4v) is 2.19. The number of anilines is 1. The molecule has 0 fully saturated rings. The van der Waals surface area contributed by atoms with E-state index in [9.17, 15) is 4.79 Å². The third-order valence-corrected chi connectivity index (χ3v) is 3.26. The maximum Gasteiger partial charge on any atom is 0.335 e. The highest BCUT2D eigenvalue weighted by molar-refractivity contribution is 6.33. The molecule has 0 amide bonds. The quantitative estimate of drug-likeness (QED) is 0.673. The van der Waals surface area contributed by atoms with Crippen LogP contribution < -0.4 is 4.90 Å². The molecule has 6 heteroatoms. The van der Waals surface area contributed by atoms with Crippen LogP contribution in [0.15, 0.2) is 18.2 Å². The molecule has 1 rings (SSSR count). The first kappa shape index (κ1) is 17.8. The lowest BCUT2D eigenvalue weighted by atomic mass is 10.2. The third-order valence-electron chi connectivity index (χ3n) is 2.95. The summed E-state index contributed by atoms with van der Waals surface area (Å²) < 4.78 is 10.7. The minimum atomic E-state index is -0.987. The highest BCUT2D eigenvalue weighted by Crippen LogP contribution is 2.27. The first-order valence-electron chi connectivity index (χ1n) is 7.03. The summed E-state index contributed by atoms with van der Waals surface area (Å²) in [5.74, 6) is -0.987. The molecule has 0 spiro atoms. The summed E-state index contributed by atoms with van der Waals surface area (Å²) in [6, 6.07) is 4.75. The van der Waals surface area contributed by atoms with Crippen LogP contribution in [-0.4, -0.2) is 50.6 Å². The van der Waals surface area contributed by atoms with E-state index in [4.69, 9.17) is 26.2 Å². The van der Waals surface area contributed by atoms with Crippen LogP contribution in [0, 0.1) is 0 Å². The van der Waals surface area contributed by atoms with Crippen LogP contribution in [0.1, 0.15) is 24.2 Å². The van der Waals surface area contributed by atoms with E-state index < -0.39 is 5.97 Å². The number of nitrogens with zero attached hydrogens (tertiary/aromatic N) is 1. The predicted octanol–water partition coefficient (Wildman–Crippen LogP) is 2.92. The van der Waals surface area contributed by atoms with Gasteiger partial charge in [-0.15, -0.1) is 0 Å². The molecule has 118 valence electrons. The second-order valence-corrected chi connectivity index (χ2v) is 4.76. The number of carbonyl (C=O) groups is 1. The smallest absolute Gasteiger partial charge is 0.335 e. The van der Waals surface area contributed by atoms with Crippen molar-refractivity contribution in [3.63, 3.8) is 0 Å². The zero-order valence-electron chi connectivity index (χ0n) is 12.5. The molecule has 0 atom stereocenters. The summed E-state index contributed by atoms with van der Waals surface area (Å²) in [6.45, 7) is 7.72. The maximum absolute atomic E-state index is 10.9. The molecule has 0 aliphatic heterocycles. The largest absolute Gasteiger partial charge is 0.478 e. The van der Waals surface area contributed by atoms with Gasteiger partial charge in [0.15, 0.2) is 0 Å². The summed E-state index contributed by atoms with van der Waals surface area (Å²) in [5, 5.41) is 9.39. The molecule has 1 N–H and O–H groups in total. The topological polar surface area (TPSA) is 59.0 Å². The predicted molar refractivity (Wildman–Crippen MR) is 83.6 cm³/mol. The zero-order valence-corrected chi connectivity index (χ0v) is 13.2. The molecule has 21 heavy (non-hydrogen) atoms. The van der Waals surface area contributed by atoms with Gasteiger partial charge >= 0.3 is 5.97 Å². The van der Waals surface area contributed by atoms with Gasteiger partial charge in [-0.25, -0.2) is 4.79 Å². The van der Waals surface area contributed by atoms with E-state index in [0.29, 0.717) is 44.5 Å². The Bertz CT molecular complexity index is 443. The fourth-order valence-electron chi connectivity index (χ4n) is 1.89. The SMILES string of the molecule is CCOCCN(CCOCC)c1ccc(C(=O)O)cc1Cl. The Morgan fingerprint density at radius 2 is 1.76 bits per heavy atom. The van der Waals surface area contributed by atoms with Crippen molar-refractivity contribution >= 4 is 23.3 Å². The van der Waals surface area contributed by atoms with Gasteiger partial charge in [0.2, 0.25) is 0 Å². The lowest BCUT2D eigenvalue weighted by Gasteiger charge is -2.25. The summed E-state index contributed by atoms with van der Waals surface area (Å²) in [7, 11) is 0. The van der Waals surface area contributed by atoms with Crippen LogP contribution in [0.25, 0.3) is 0 Å². The molecule has 0 saturated heterocycles. The molecule has 1 aromatic carbocycles. The maximum atomic E-state index is 10.9. The Morgan fingerprint density at radius 3 is 2.19 bits per heavy atom. The highest BCUT2D eigenvalue weighted by atomic mass is 35.5. The molecule has 5 nitrogen and oxygen atoms in total. The number of carboxylic acid groups (broad SMARTS) is 1. The third kappa shape index (κ3) is 5.91. The molecule has 0 aliphatic rings. The number of carboxylic acids is 1. The molecule has 0 bridgehead atoms. The zero-order chi connectivity index (χ0) is 15.7. The Balaban J connectivity index is 2.82. The minimum Gasteiger partial charge on any atom is -0.478 e. The second kappa shape index (κ2) is 9.60. The Morgan fingerprint density at radius 1 is 1.19 bits per heavy atom. The average Bonchev–Trinajstić information content (AvgIpc) is 2.46. The molecular weight excluding hydrogens is 294 g/mol. The molecule has 0 heterocycles. The van der Waals surface area contributed by atoms with Crippen molar-refractivity contribution in [3.05, 3.63) is 28.8 Å². The van der Waals surface area contributed by atoms with Crippen molar-refractivity contribution in [1.29, 1.82) is 0 Å². The average molecular weight is 316 g/mol. The normalized spacial score (nSPS) is 10.6. The van der Waals surface area contributed by atoms with Crippen LogP contribution in [0.2, 0.25) is 5.02 Å². The van der Waals surface area contributed by atoms with E-state index in [1.54, 1.807) is 12.1 Å². The van der Waals surface area contributed by atoms with E-state index in [2.05, 4.69) is 0 Å². The molecule has 1 aromatic rings. The van der Waals surface area contributed by atoms with Gasteiger partial charge in [0.05, 0.1) is 29.5 Å². The monoisotopic (exact) mass is 315 g/mol. The van der Waals surface area contributed by atoms with Crippen LogP contribution in [0.3, 0.4) is 0 Å². The van der Waals surface area contributed by atoms with Crippen LogP contribution >= 0.6 is 11.6 Å². The summed E-state index contributed by atoms with van der Waals surface area (Å²) in [6.07, 6.45) is 0. The first-order valence-corrected chi connectivity index (χ1v) is 7.41. The first-order chi connectivity index (χ1) is 10.1. The number of ether oxygens (including phenoxy) is 2. The number of halogens is 1. The minimum absolute atomic E-state index is 0.179. The van der Waals surface area contributed by atoms with E-state index in [0.717, 1.165) is 5.69 Å². The molecule has 0 saturated carbocycles. The van der Waals surface area contributed by atoms with Gasteiger partial charge < -0.3 is 19.5 Å². The van der Waals surface area contributed by atoms with Gasteiger partial charge in [-0.1, -0.05) is 11.6 Å². The Kier molecular flexibility index (Phi) is 8.12. The molecular formula is C15H22ClNO4. The van der Waals surface area contributed by atoms with Crippen molar-refractivity contribution in [1.82, 2.24) is 0 Å². The highest BCUT2D eigenvalue weighted by Gasteiger charge is 2.13. The lowest BCUT2D eigenvalue weighted by Crippen LogP contribution is -2.31. The number of aromatic carboxylic acids is 1. The fraction of sp³-hybridized carbons (Fsp3) is 0.533. The van der Waals surface area contributed by atoms with Gasteiger partial charge in [-0.3, -0.25) is 0 Å². The van der Waals surface area contributed by atoms with Crippen molar-refractivity contribution in [3.8, 4) is 0 Å². The number of hydrogen-bond acceptors (Lipinski definition) is 4. The van der Waals surface area contributed by atoms with Crippen molar-refractivity contribution < 1.29 is 19.4 Å².